The summed E-state index contributed by atoms with van der Waals surface area (Å²) in [6.45, 7) is 1.52. The molecule has 0 bridgehead atoms. The molecule has 188 valence electrons. The maximum atomic E-state index is 12.1. The number of aliphatic hydroxyl groups excluding tert-OH is 3. The number of nitrogens with zero attached hydrogens (tertiary/aromatic N) is 6. The van der Waals surface area contributed by atoms with Crippen LogP contribution >= 0.6 is 0 Å². The molecule has 0 aromatic carbocycles. The Bertz CT molecular complexity index is 1190. The smallest absolute Gasteiger partial charge is 0.341 e. The number of nitrogens with one attached hydrogen (secondary N) is 1. The van der Waals surface area contributed by atoms with Gasteiger partial charge in [-0.05, 0) is 19.8 Å². The van der Waals surface area contributed by atoms with Gasteiger partial charge in [0.2, 0.25) is 0 Å². The summed E-state index contributed by atoms with van der Waals surface area (Å²) in [5.74, 6) is 0.173. The van der Waals surface area contributed by atoms with Crippen molar-refractivity contribution in [2.45, 2.75) is 69.6 Å². The van der Waals surface area contributed by atoms with E-state index in [1.165, 1.54) is 34.4 Å². The van der Waals surface area contributed by atoms with E-state index in [0.717, 1.165) is 25.7 Å². The first-order chi connectivity index (χ1) is 17.0. The van der Waals surface area contributed by atoms with Crippen LogP contribution in [0.2, 0.25) is 0 Å². The first kappa shape index (κ1) is 23.6. The number of hydrogen-bond donors (Lipinski definition) is 4. The van der Waals surface area contributed by atoms with Crippen LogP contribution in [-0.2, 0) is 9.47 Å². The summed E-state index contributed by atoms with van der Waals surface area (Å²) in [4.78, 5) is 25.8. The number of rotatable bonds is 7. The van der Waals surface area contributed by atoms with Gasteiger partial charge < -0.3 is 30.1 Å². The number of fused-ring (bicyclic) bond motifs is 1. The molecule has 3 aromatic heterocycles. The zero-order valence-corrected chi connectivity index (χ0v) is 19.3. The quantitative estimate of drug-likeness (QED) is 0.343. The van der Waals surface area contributed by atoms with Crippen LogP contribution in [0.25, 0.3) is 17.1 Å². The molecule has 1 saturated carbocycles. The lowest BCUT2D eigenvalue weighted by molar-refractivity contribution is -0.0511. The maximum Gasteiger partial charge on any atom is 0.341 e. The molecule has 2 aliphatic rings. The Morgan fingerprint density at radius 3 is 2.74 bits per heavy atom. The molecule has 0 amide bonds. The van der Waals surface area contributed by atoms with E-state index >= 15 is 0 Å². The third kappa shape index (κ3) is 4.47. The zero-order chi connectivity index (χ0) is 24.5. The number of esters is 1. The topological polar surface area (TPSA) is 170 Å². The molecule has 0 radical (unpaired) electrons. The standard InChI is InChI=1S/C22H29N7O6/c1-2-34-21(33)12-8-24-29(9-12)22-26-18(25-13-6-4-3-5-7-13)15-19(27-22)28(11-23-15)20-17(32)16(31)14(10-30)35-20/h8-9,11,13-14,16-17,20,30-32H,2-7,10H2,1H3,(H,25,26,27)/t14-,16-,17-,20?/m1/s1. The van der Waals surface area contributed by atoms with Crippen LogP contribution in [0.4, 0.5) is 5.82 Å². The molecule has 4 heterocycles. The molecule has 1 aliphatic carbocycles. The average molecular weight is 488 g/mol. The maximum absolute atomic E-state index is 12.1. The van der Waals surface area contributed by atoms with Crippen LogP contribution in [-0.4, -0.2) is 88.2 Å². The number of aromatic nitrogens is 6. The molecular weight excluding hydrogens is 458 g/mol. The largest absolute Gasteiger partial charge is 0.462 e. The zero-order valence-electron chi connectivity index (χ0n) is 19.3. The number of carbonyl (C=O) groups is 1. The molecule has 1 saturated heterocycles. The van der Waals surface area contributed by atoms with Crippen molar-refractivity contribution < 1.29 is 29.6 Å². The summed E-state index contributed by atoms with van der Waals surface area (Å²) >= 11 is 0. The summed E-state index contributed by atoms with van der Waals surface area (Å²) in [5, 5.41) is 38.0. The lowest BCUT2D eigenvalue weighted by Crippen LogP contribution is -2.33. The van der Waals surface area contributed by atoms with Gasteiger partial charge in [-0.2, -0.15) is 15.1 Å². The van der Waals surface area contributed by atoms with Gasteiger partial charge >= 0.3 is 5.97 Å². The van der Waals surface area contributed by atoms with Crippen molar-refractivity contribution in [1.82, 2.24) is 29.3 Å². The molecule has 13 heteroatoms. The summed E-state index contributed by atoms with van der Waals surface area (Å²) in [7, 11) is 0. The third-order valence-electron chi connectivity index (χ3n) is 6.45. The molecule has 4 atom stereocenters. The number of imidazole rings is 1. The summed E-state index contributed by atoms with van der Waals surface area (Å²) in [6.07, 6.45) is 5.28. The fraction of sp³-hybridized carbons (Fsp3) is 0.591. The van der Waals surface area contributed by atoms with E-state index in [4.69, 9.17) is 9.47 Å². The predicted molar refractivity (Wildman–Crippen MR) is 122 cm³/mol. The Labute approximate surface area is 200 Å². The summed E-state index contributed by atoms with van der Waals surface area (Å²) < 4.78 is 13.6. The van der Waals surface area contributed by atoms with Crippen molar-refractivity contribution in [2.24, 2.45) is 0 Å². The van der Waals surface area contributed by atoms with E-state index in [9.17, 15) is 20.1 Å². The first-order valence-electron chi connectivity index (χ1n) is 11.9. The third-order valence-corrected chi connectivity index (χ3v) is 6.45. The van der Waals surface area contributed by atoms with Crippen LogP contribution < -0.4 is 5.32 Å². The van der Waals surface area contributed by atoms with Crippen LogP contribution in [0.1, 0.15) is 55.6 Å². The van der Waals surface area contributed by atoms with Crippen molar-refractivity contribution in [3.8, 4) is 5.95 Å². The first-order valence-corrected chi connectivity index (χ1v) is 11.9. The Morgan fingerprint density at radius 1 is 1.23 bits per heavy atom. The lowest BCUT2D eigenvalue weighted by Gasteiger charge is -2.23. The van der Waals surface area contributed by atoms with Crippen molar-refractivity contribution in [3.05, 3.63) is 24.3 Å². The van der Waals surface area contributed by atoms with Crippen molar-refractivity contribution in [2.75, 3.05) is 18.5 Å². The van der Waals surface area contributed by atoms with E-state index in [1.54, 1.807) is 6.92 Å². The molecule has 1 unspecified atom stereocenters. The van der Waals surface area contributed by atoms with Gasteiger partial charge in [0.1, 0.15) is 18.3 Å². The minimum absolute atomic E-state index is 0.180. The van der Waals surface area contributed by atoms with Crippen LogP contribution in [0.3, 0.4) is 0 Å². The minimum atomic E-state index is -1.29. The van der Waals surface area contributed by atoms with Gasteiger partial charge in [0, 0.05) is 12.2 Å². The van der Waals surface area contributed by atoms with Gasteiger partial charge in [-0.1, -0.05) is 19.3 Å². The molecule has 13 nitrogen and oxygen atoms in total. The second-order valence-corrected chi connectivity index (χ2v) is 8.80. The van der Waals surface area contributed by atoms with Gasteiger partial charge in [0.05, 0.1) is 31.3 Å². The van der Waals surface area contributed by atoms with Crippen LogP contribution in [0.5, 0.6) is 0 Å². The monoisotopic (exact) mass is 487 g/mol. The minimum Gasteiger partial charge on any atom is -0.462 e. The van der Waals surface area contributed by atoms with Gasteiger partial charge in [-0.25, -0.2) is 14.5 Å². The number of ether oxygens (including phenoxy) is 2. The molecule has 2 fully saturated rings. The van der Waals surface area contributed by atoms with E-state index in [0.29, 0.717) is 17.0 Å². The number of carbonyl (C=O) groups excluding carboxylic acids is 1. The number of hydrogen-bond acceptors (Lipinski definition) is 11. The number of anilines is 1. The normalized spacial score (nSPS) is 25.3. The van der Waals surface area contributed by atoms with Crippen molar-refractivity contribution in [1.29, 1.82) is 0 Å². The second kappa shape index (κ2) is 9.85. The summed E-state index contributed by atoms with van der Waals surface area (Å²) in [5.41, 5.74) is 1.07. The van der Waals surface area contributed by atoms with Gasteiger partial charge in [-0.3, -0.25) is 4.57 Å². The Kier molecular flexibility index (Phi) is 6.65. The molecule has 0 spiro atoms. The lowest BCUT2D eigenvalue weighted by atomic mass is 9.95. The fourth-order valence-electron chi connectivity index (χ4n) is 4.60. The molecule has 35 heavy (non-hydrogen) atoms. The van der Waals surface area contributed by atoms with Crippen LogP contribution in [0, 0.1) is 0 Å². The number of aliphatic hydroxyl groups is 3. The summed E-state index contributed by atoms with van der Waals surface area (Å²) in [6, 6.07) is 0.224. The Hall–Kier alpha value is -3.13. The predicted octanol–water partition coefficient (Wildman–Crippen LogP) is 0.545. The highest BCUT2D eigenvalue weighted by Gasteiger charge is 2.44. The van der Waals surface area contributed by atoms with E-state index < -0.39 is 37.1 Å². The van der Waals surface area contributed by atoms with Crippen molar-refractivity contribution >= 4 is 23.0 Å². The fourth-order valence-corrected chi connectivity index (χ4v) is 4.60. The van der Waals surface area contributed by atoms with Crippen LogP contribution in [0.15, 0.2) is 18.7 Å². The molecule has 5 rings (SSSR count). The average Bonchev–Trinajstić information content (AvgIpc) is 3.58. The highest BCUT2D eigenvalue weighted by molar-refractivity contribution is 5.89. The van der Waals surface area contributed by atoms with E-state index in [2.05, 4.69) is 25.4 Å². The highest BCUT2D eigenvalue weighted by atomic mass is 16.6. The van der Waals surface area contributed by atoms with E-state index in [1.807, 2.05) is 0 Å². The Balaban J connectivity index is 1.57. The highest BCUT2D eigenvalue weighted by Crippen LogP contribution is 2.33. The van der Waals surface area contributed by atoms with Crippen molar-refractivity contribution in [3.63, 3.8) is 0 Å². The molecular formula is C22H29N7O6. The SMILES string of the molecule is CCOC(=O)c1cnn(-c2nc(NC3CCCCC3)c3ncn(C4O[C@H](CO)[C@@H](O)[C@H]4O)c3n2)c1. The molecule has 4 N–H and O–H groups in total. The van der Waals surface area contributed by atoms with Gasteiger partial charge in [-0.15, -0.1) is 0 Å². The van der Waals surface area contributed by atoms with E-state index in [-0.39, 0.29) is 24.2 Å². The van der Waals surface area contributed by atoms with Gasteiger partial charge in [0.25, 0.3) is 5.95 Å². The Morgan fingerprint density at radius 2 is 2.03 bits per heavy atom. The molecule has 1 aliphatic heterocycles. The second-order valence-electron chi connectivity index (χ2n) is 8.80. The molecule has 3 aromatic rings. The van der Waals surface area contributed by atoms with Gasteiger partial charge in [0.15, 0.2) is 23.2 Å².